The van der Waals surface area contributed by atoms with Crippen LogP contribution >= 0.6 is 0 Å². The molecule has 30 heavy (non-hydrogen) atoms. The Hall–Kier alpha value is -3.06. The summed E-state index contributed by atoms with van der Waals surface area (Å²) in [7, 11) is 3.41. The number of aliphatic imine (C=N–C) groups is 1. The van der Waals surface area contributed by atoms with E-state index in [1.165, 1.54) is 0 Å². The van der Waals surface area contributed by atoms with Crippen LogP contribution < -0.4 is 20.3 Å². The van der Waals surface area contributed by atoms with Gasteiger partial charge in [0.2, 0.25) is 5.91 Å². The highest BCUT2D eigenvalue weighted by molar-refractivity contribution is 5.95. The van der Waals surface area contributed by atoms with Crippen LogP contribution in [0.4, 0.5) is 5.69 Å². The molecule has 0 bridgehead atoms. The first kappa shape index (κ1) is 21.6. The van der Waals surface area contributed by atoms with Gasteiger partial charge in [0.25, 0.3) is 0 Å². The van der Waals surface area contributed by atoms with Gasteiger partial charge in [-0.2, -0.15) is 0 Å². The lowest BCUT2D eigenvalue weighted by molar-refractivity contribution is -0.117. The Bertz CT molecular complexity index is 852. The van der Waals surface area contributed by atoms with E-state index in [1.807, 2.05) is 53.4 Å². The third kappa shape index (κ3) is 5.97. The molecule has 3 rings (SSSR count). The summed E-state index contributed by atoms with van der Waals surface area (Å²) in [6.07, 6.45) is 1.58. The van der Waals surface area contributed by atoms with E-state index >= 15 is 0 Å². The minimum atomic E-state index is 0.207. The van der Waals surface area contributed by atoms with Crippen molar-refractivity contribution in [3.05, 3.63) is 59.7 Å². The molecule has 0 spiro atoms. The van der Waals surface area contributed by atoms with E-state index in [2.05, 4.69) is 15.6 Å². The smallest absolute Gasteiger partial charge is 0.227 e. The number of benzene rings is 2. The number of nitrogens with one attached hydrogen (secondary N) is 2. The monoisotopic (exact) mass is 410 g/mol. The first-order valence-electron chi connectivity index (χ1n) is 10.2. The molecule has 2 N–H and O–H groups in total. The number of anilines is 1. The number of hydrogen-bond acceptors (Lipinski definition) is 4. The van der Waals surface area contributed by atoms with Gasteiger partial charge in [-0.25, -0.2) is 0 Å². The summed E-state index contributed by atoms with van der Waals surface area (Å²) < 4.78 is 11.1. The lowest BCUT2D eigenvalue weighted by Gasteiger charge is -2.16. The molecule has 2 aromatic carbocycles. The van der Waals surface area contributed by atoms with Gasteiger partial charge in [-0.05, 0) is 30.2 Å². The van der Waals surface area contributed by atoms with Crippen molar-refractivity contribution in [1.82, 2.24) is 10.6 Å². The molecule has 7 heteroatoms. The van der Waals surface area contributed by atoms with Crippen molar-refractivity contribution >= 4 is 17.6 Å². The predicted octanol–water partition coefficient (Wildman–Crippen LogP) is 2.70. The van der Waals surface area contributed by atoms with Crippen LogP contribution in [0.25, 0.3) is 0 Å². The van der Waals surface area contributed by atoms with Gasteiger partial charge in [-0.3, -0.25) is 9.79 Å². The van der Waals surface area contributed by atoms with Crippen molar-refractivity contribution in [3.8, 4) is 5.75 Å². The number of para-hydroxylation sites is 1. The molecule has 0 saturated carbocycles. The fourth-order valence-electron chi connectivity index (χ4n) is 3.37. The second-order valence-electron chi connectivity index (χ2n) is 7.03. The van der Waals surface area contributed by atoms with E-state index in [1.54, 1.807) is 14.2 Å². The molecule has 1 amide bonds. The molecular formula is C23H30N4O3. The molecule has 1 heterocycles. The van der Waals surface area contributed by atoms with Crippen molar-refractivity contribution in [3.63, 3.8) is 0 Å². The molecule has 0 radical (unpaired) electrons. The van der Waals surface area contributed by atoms with Crippen LogP contribution in [-0.2, 0) is 22.7 Å². The largest absolute Gasteiger partial charge is 0.496 e. The summed E-state index contributed by atoms with van der Waals surface area (Å²) in [4.78, 5) is 17.9. The zero-order valence-electron chi connectivity index (χ0n) is 17.7. The summed E-state index contributed by atoms with van der Waals surface area (Å²) in [5.74, 6) is 1.76. The number of hydrogen-bond donors (Lipinski definition) is 2. The highest BCUT2D eigenvalue weighted by atomic mass is 16.5. The second-order valence-corrected chi connectivity index (χ2v) is 7.03. The molecule has 1 saturated heterocycles. The minimum Gasteiger partial charge on any atom is -0.496 e. The molecule has 0 aliphatic carbocycles. The molecule has 7 nitrogen and oxygen atoms in total. The maximum absolute atomic E-state index is 11.8. The Morgan fingerprint density at radius 3 is 2.63 bits per heavy atom. The quantitative estimate of drug-likeness (QED) is 0.378. The van der Waals surface area contributed by atoms with Crippen LogP contribution in [0.3, 0.4) is 0 Å². The van der Waals surface area contributed by atoms with Gasteiger partial charge in [0, 0.05) is 44.4 Å². The maximum Gasteiger partial charge on any atom is 0.227 e. The number of amides is 1. The third-order valence-electron chi connectivity index (χ3n) is 4.99. The first-order chi connectivity index (χ1) is 14.7. The molecular weight excluding hydrogens is 380 g/mol. The lowest BCUT2D eigenvalue weighted by Crippen LogP contribution is -2.38. The zero-order valence-corrected chi connectivity index (χ0v) is 17.7. The van der Waals surface area contributed by atoms with Gasteiger partial charge in [0.15, 0.2) is 5.96 Å². The average Bonchev–Trinajstić information content (AvgIpc) is 3.22. The lowest BCUT2D eigenvalue weighted by atomic mass is 10.2. The van der Waals surface area contributed by atoms with Crippen molar-refractivity contribution in [2.45, 2.75) is 26.0 Å². The van der Waals surface area contributed by atoms with E-state index in [9.17, 15) is 4.79 Å². The molecule has 0 unspecified atom stereocenters. The van der Waals surface area contributed by atoms with Gasteiger partial charge < -0.3 is 25.0 Å². The van der Waals surface area contributed by atoms with E-state index in [0.29, 0.717) is 32.7 Å². The van der Waals surface area contributed by atoms with Crippen molar-refractivity contribution in [1.29, 1.82) is 0 Å². The third-order valence-corrected chi connectivity index (χ3v) is 4.99. The molecule has 1 aliphatic heterocycles. The second kappa shape index (κ2) is 11.2. The van der Waals surface area contributed by atoms with E-state index in [-0.39, 0.29) is 5.91 Å². The normalized spacial score (nSPS) is 14.1. The molecule has 1 aliphatic rings. The van der Waals surface area contributed by atoms with Crippen LogP contribution in [0, 0.1) is 0 Å². The van der Waals surface area contributed by atoms with E-state index in [0.717, 1.165) is 41.5 Å². The fourth-order valence-corrected chi connectivity index (χ4v) is 3.37. The maximum atomic E-state index is 11.8. The van der Waals surface area contributed by atoms with Crippen molar-refractivity contribution < 1.29 is 14.3 Å². The average molecular weight is 411 g/mol. The molecule has 2 aromatic rings. The highest BCUT2D eigenvalue weighted by Crippen LogP contribution is 2.21. The Morgan fingerprint density at radius 2 is 1.93 bits per heavy atom. The van der Waals surface area contributed by atoms with Crippen LogP contribution in [0.2, 0.25) is 0 Å². The van der Waals surface area contributed by atoms with Gasteiger partial charge in [-0.1, -0.05) is 30.3 Å². The topological polar surface area (TPSA) is 75.2 Å². The van der Waals surface area contributed by atoms with Gasteiger partial charge in [-0.15, -0.1) is 0 Å². The highest BCUT2D eigenvalue weighted by Gasteiger charge is 2.21. The minimum absolute atomic E-state index is 0.207. The Labute approximate surface area is 178 Å². The molecule has 0 aromatic heterocycles. The summed E-state index contributed by atoms with van der Waals surface area (Å²) >= 11 is 0. The first-order valence-corrected chi connectivity index (χ1v) is 10.2. The Morgan fingerprint density at radius 1 is 1.13 bits per heavy atom. The number of rotatable bonds is 9. The summed E-state index contributed by atoms with van der Waals surface area (Å²) in [5.41, 5.74) is 3.12. The van der Waals surface area contributed by atoms with Crippen LogP contribution in [0.1, 0.15) is 24.0 Å². The molecule has 0 atom stereocenters. The summed E-state index contributed by atoms with van der Waals surface area (Å²) in [6.45, 7) is 3.16. The summed E-state index contributed by atoms with van der Waals surface area (Å²) in [6, 6.07) is 15.9. The fraction of sp³-hybridized carbons (Fsp3) is 0.391. The molecule has 160 valence electrons. The van der Waals surface area contributed by atoms with Gasteiger partial charge in [0.1, 0.15) is 5.75 Å². The zero-order chi connectivity index (χ0) is 21.2. The Balaban J connectivity index is 1.37. The number of nitrogens with zero attached hydrogens (tertiary/aromatic N) is 2. The number of methoxy groups -OCH3 is 1. The number of carbonyl (C=O) groups is 1. The summed E-state index contributed by atoms with van der Waals surface area (Å²) in [5, 5.41) is 6.54. The van der Waals surface area contributed by atoms with E-state index in [4.69, 9.17) is 9.47 Å². The SMILES string of the molecule is CN=C(NCCOCc1ccccc1OC)NCc1ccc(N2CCCC2=O)cc1. The van der Waals surface area contributed by atoms with Gasteiger partial charge in [0.05, 0.1) is 20.3 Å². The van der Waals surface area contributed by atoms with Crippen LogP contribution in [-0.4, -0.2) is 45.7 Å². The Kier molecular flexibility index (Phi) is 8.09. The number of guanidine groups is 1. The van der Waals surface area contributed by atoms with Crippen molar-refractivity contribution in [2.24, 2.45) is 4.99 Å². The van der Waals surface area contributed by atoms with Crippen LogP contribution in [0.5, 0.6) is 5.75 Å². The van der Waals surface area contributed by atoms with E-state index < -0.39 is 0 Å². The predicted molar refractivity (Wildman–Crippen MR) is 119 cm³/mol. The molecule has 1 fully saturated rings. The number of carbonyl (C=O) groups excluding carboxylic acids is 1. The van der Waals surface area contributed by atoms with Gasteiger partial charge >= 0.3 is 0 Å². The standard InChI is InChI=1S/C23H30N4O3/c1-24-23(25-13-15-30-17-19-6-3-4-7-21(19)29-2)26-16-18-9-11-20(12-10-18)27-14-5-8-22(27)28/h3-4,6-7,9-12H,5,8,13-17H2,1-2H3,(H2,24,25,26). The number of ether oxygens (including phenoxy) is 2. The van der Waals surface area contributed by atoms with Crippen LogP contribution in [0.15, 0.2) is 53.5 Å². The van der Waals surface area contributed by atoms with Crippen molar-refractivity contribution in [2.75, 3.05) is 38.8 Å².